The largest absolute Gasteiger partial charge is 0.881 e. The van der Waals surface area contributed by atoms with Crippen LogP contribution >= 0.6 is 0 Å². The minimum absolute atomic E-state index is 0.609. The van der Waals surface area contributed by atoms with Crippen molar-refractivity contribution < 1.29 is 37.9 Å². The van der Waals surface area contributed by atoms with Gasteiger partial charge in [-0.1, -0.05) is 206 Å². The van der Waals surface area contributed by atoms with Crippen LogP contribution in [-0.2, 0) is 0 Å². The normalized spacial score (nSPS) is 10.4. The maximum absolute atomic E-state index is 6.01. The first kappa shape index (κ1) is 77.7. The lowest BCUT2D eigenvalue weighted by molar-refractivity contribution is 0.459. The molecule has 0 aliphatic rings. The fourth-order valence-electron chi connectivity index (χ4n) is 11.1. The van der Waals surface area contributed by atoms with Crippen molar-refractivity contribution in [2.45, 2.75) is 55.4 Å². The van der Waals surface area contributed by atoms with Gasteiger partial charge >= 0.3 is 79.4 Å². The van der Waals surface area contributed by atoms with Gasteiger partial charge in [0.1, 0.15) is 56.3 Å². The van der Waals surface area contributed by atoms with Crippen molar-refractivity contribution in [2.75, 3.05) is 0 Å². The Kier molecular flexibility index (Phi) is 28.4. The molecule has 20 heteroatoms. The first-order valence-electron chi connectivity index (χ1n) is 35.3. The zero-order valence-electron chi connectivity index (χ0n) is 61.7. The van der Waals surface area contributed by atoms with Gasteiger partial charge in [-0.2, -0.15) is 0 Å². The number of nitrogens with zero attached hydrogens (tertiary/aromatic N) is 5. The summed E-state index contributed by atoms with van der Waals surface area (Å²) in [7, 11) is 0. The fourth-order valence-corrected chi connectivity index (χ4v) is 14.3. The molecule has 0 atom stereocenters. The first-order valence-corrected chi connectivity index (χ1v) is 40.0. The van der Waals surface area contributed by atoms with E-state index in [1.807, 2.05) is 309 Å². The van der Waals surface area contributed by atoms with Crippen LogP contribution in [0.2, 0.25) is 0 Å². The highest BCUT2D eigenvalue weighted by Gasteiger charge is 2.17. The Bertz CT molecular complexity index is 5660. The van der Waals surface area contributed by atoms with Gasteiger partial charge in [-0.15, -0.1) is 0 Å². The molecule has 15 nitrogen and oxygen atoms in total. The third kappa shape index (κ3) is 22.9. The van der Waals surface area contributed by atoms with Gasteiger partial charge in [0, 0.05) is 61.0 Å². The average Bonchev–Trinajstić information content (AvgIpc) is 0.845. The van der Waals surface area contributed by atoms with Gasteiger partial charge in [-0.05, 0) is 181 Å². The van der Waals surface area contributed by atoms with E-state index in [9.17, 15) is 0 Å². The highest BCUT2D eigenvalue weighted by atomic mass is 27.2. The van der Waals surface area contributed by atoms with E-state index < -0.39 is 79.4 Å². The van der Waals surface area contributed by atoms with Crippen LogP contribution in [0.5, 0.6) is 57.5 Å². The van der Waals surface area contributed by atoms with Crippen LogP contribution in [0.25, 0.3) is 65.6 Å². The molecule has 16 rings (SSSR count). The van der Waals surface area contributed by atoms with E-state index in [1.54, 1.807) is 0 Å². The summed E-state index contributed by atoms with van der Waals surface area (Å²) < 4.78 is 58.0. The van der Waals surface area contributed by atoms with Crippen LogP contribution in [0.1, 0.15) is 45.2 Å². The minimum atomic E-state index is -0.702. The number of benzene rings is 11. The molecule has 0 amide bonds. The van der Waals surface area contributed by atoms with Crippen molar-refractivity contribution in [1.82, 2.24) is 24.9 Å². The van der Waals surface area contributed by atoms with E-state index in [0.29, 0.717) is 0 Å². The Morgan fingerprint density at radius 1 is 0.202 bits per heavy atom. The van der Waals surface area contributed by atoms with Gasteiger partial charge in [-0.25, -0.2) is 24.9 Å². The molecule has 5 radical (unpaired) electrons. The molecule has 531 valence electrons. The Hall–Kier alpha value is -10.9. The zero-order valence-corrected chi connectivity index (χ0v) is 67.4. The smallest absolute Gasteiger partial charge is 0.616 e. The number of para-hydroxylation sites is 8. The summed E-state index contributed by atoms with van der Waals surface area (Å²) >= 11 is -3.17. The van der Waals surface area contributed by atoms with E-state index in [4.69, 9.17) is 37.9 Å². The predicted molar refractivity (Wildman–Crippen MR) is 439 cm³/mol. The van der Waals surface area contributed by atoms with Gasteiger partial charge in [-0.3, -0.25) is 0 Å². The molecule has 0 N–H and O–H groups in total. The fraction of sp³-hybridized carbons (Fsp3) is 0.0899. The number of aryl methyl sites for hydroxylation is 8. The third-order valence-corrected chi connectivity index (χ3v) is 20.3. The van der Waals surface area contributed by atoms with E-state index in [-0.39, 0.29) is 0 Å². The van der Waals surface area contributed by atoms with Crippen molar-refractivity contribution in [3.8, 4) is 68.6 Å². The number of aromatic nitrogens is 5. The molecule has 0 bridgehead atoms. The van der Waals surface area contributed by atoms with Crippen LogP contribution in [0, 0.1) is 55.4 Å². The molecular formula is C89H75Al5N5O10. The van der Waals surface area contributed by atoms with Crippen molar-refractivity contribution >= 4 is 134 Å². The molecule has 0 fully saturated rings. The number of pyridine rings is 5. The summed E-state index contributed by atoms with van der Waals surface area (Å²) in [6.45, 7) is 16.0. The second kappa shape index (κ2) is 39.8. The number of hydrogen-bond donors (Lipinski definition) is 0. The van der Waals surface area contributed by atoms with Crippen LogP contribution in [0.15, 0.2) is 309 Å². The van der Waals surface area contributed by atoms with Gasteiger partial charge < -0.3 is 37.9 Å². The molecule has 16 aromatic rings. The quantitative estimate of drug-likeness (QED) is 0.0626. The van der Waals surface area contributed by atoms with Crippen LogP contribution < -0.4 is 37.9 Å². The minimum Gasteiger partial charge on any atom is -0.616 e. The molecule has 0 spiro atoms. The van der Waals surface area contributed by atoms with E-state index in [0.717, 1.165) is 157 Å². The Balaban J connectivity index is 0.000000127. The summed E-state index contributed by atoms with van der Waals surface area (Å²) in [5.41, 5.74) is 15.0. The monoisotopic (exact) mass is 1510 g/mol. The lowest BCUT2D eigenvalue weighted by atomic mass is 10.1. The Morgan fingerprint density at radius 3 is 0.890 bits per heavy atom. The van der Waals surface area contributed by atoms with Crippen molar-refractivity contribution in [2.24, 2.45) is 0 Å². The summed E-state index contributed by atoms with van der Waals surface area (Å²) in [5, 5.41) is 5.37. The molecular weight excluding hydrogens is 1430 g/mol. The molecule has 11 aromatic carbocycles. The second-order valence-corrected chi connectivity index (χ2v) is 28.5. The number of hydrogen-bond acceptors (Lipinski definition) is 15. The lowest BCUT2D eigenvalue weighted by Gasteiger charge is -2.13. The molecule has 5 heterocycles. The summed E-state index contributed by atoms with van der Waals surface area (Å²) in [6.07, 6.45) is 0. The van der Waals surface area contributed by atoms with E-state index in [2.05, 4.69) is 80.4 Å². The van der Waals surface area contributed by atoms with Gasteiger partial charge in [0.05, 0.1) is 28.7 Å². The molecule has 0 saturated carbocycles. The standard InChI is InChI=1S/C12H10O.5C10H9NO.3C7H8O.C6H6O.5Al/c13-12-9-5-4-8-11(12)10-6-2-1-3-7-10;5*1-7-5-6-8-3-2-4-9(12)10(8)11-7;1-6-2-4-7(8)5-3-6;1-6-3-2-4-7(8)5-6;1-6-4-2-3-5-7(6)8;7-6-4-2-1-3-5-6;;;;;/h1-9,13H;5*2-6,12H,1H3;3*2-5,8H,1H3;1-5,7H;;;;;/q;;;;;;;;;;5*+2/p-10. The SMILES string of the molecule is Cc1ccc([O][Al][O]c2cccc3ccc(C)nc23)cc1.Cc1ccc2cccc([O][Al][O]c3ccccc3)c2n1.Cc1ccc2cccc([O][Al][O]c3ccccc3-c3ccccc3)c2n1.Cc1ccc2cccc([O][Al][O]c3ccccc3C)c2n1.Cc1cccc([O][Al][O]c2cccc3ccc(C)nc23)c1. The van der Waals surface area contributed by atoms with Crippen molar-refractivity contribution in [1.29, 1.82) is 0 Å². The van der Waals surface area contributed by atoms with Crippen LogP contribution in [0.4, 0.5) is 0 Å². The molecule has 0 unspecified atom stereocenters. The van der Waals surface area contributed by atoms with Gasteiger partial charge in [0.25, 0.3) is 0 Å². The van der Waals surface area contributed by atoms with Crippen LogP contribution in [0.3, 0.4) is 0 Å². The molecule has 0 saturated heterocycles. The lowest BCUT2D eigenvalue weighted by Crippen LogP contribution is -2.12. The molecule has 5 aromatic heterocycles. The van der Waals surface area contributed by atoms with Crippen LogP contribution in [-0.4, -0.2) is 104 Å². The summed E-state index contributed by atoms with van der Waals surface area (Å²) in [4.78, 5) is 22.8. The van der Waals surface area contributed by atoms with Crippen molar-refractivity contribution in [3.63, 3.8) is 0 Å². The zero-order chi connectivity index (χ0) is 75.5. The topological polar surface area (TPSA) is 157 Å². The molecule has 109 heavy (non-hydrogen) atoms. The molecule has 0 aliphatic carbocycles. The summed E-state index contributed by atoms with van der Waals surface area (Å²) in [5.74, 6) is 8.07. The van der Waals surface area contributed by atoms with E-state index >= 15 is 0 Å². The average molecular weight is 1510 g/mol. The second-order valence-electron chi connectivity index (χ2n) is 25.1. The first-order chi connectivity index (χ1) is 53.3. The van der Waals surface area contributed by atoms with Gasteiger partial charge in [0.15, 0.2) is 0 Å². The maximum atomic E-state index is 6.01. The van der Waals surface area contributed by atoms with E-state index in [1.165, 1.54) is 11.1 Å². The molecule has 0 aliphatic heterocycles. The number of fused-ring (bicyclic) bond motifs is 5. The van der Waals surface area contributed by atoms with Crippen molar-refractivity contribution in [3.05, 3.63) is 355 Å². The maximum Gasteiger partial charge on any atom is 0.881 e. The highest BCUT2D eigenvalue weighted by Crippen LogP contribution is 2.32. The Labute approximate surface area is 669 Å². The number of rotatable bonds is 21. The van der Waals surface area contributed by atoms with Gasteiger partial charge in [0.2, 0.25) is 0 Å². The highest BCUT2D eigenvalue weighted by molar-refractivity contribution is 6.23. The summed E-state index contributed by atoms with van der Waals surface area (Å²) in [6, 6.07) is 102. The predicted octanol–water partition coefficient (Wildman–Crippen LogP) is 20.3. The Morgan fingerprint density at radius 2 is 0.495 bits per heavy atom. The third-order valence-electron chi connectivity index (χ3n) is 16.7.